The number of benzene rings is 1. The lowest BCUT2D eigenvalue weighted by molar-refractivity contribution is 0.0953. The van der Waals surface area contributed by atoms with E-state index in [1.807, 2.05) is 0 Å². The Morgan fingerprint density at radius 2 is 2.22 bits per heavy atom. The Balaban J connectivity index is 2.19. The van der Waals surface area contributed by atoms with Gasteiger partial charge in [-0.1, -0.05) is 0 Å². The van der Waals surface area contributed by atoms with Gasteiger partial charge in [0.2, 0.25) is 0 Å². The molecular formula is C13H14FN3O. The first-order valence-electron chi connectivity index (χ1n) is 5.74. The van der Waals surface area contributed by atoms with Crippen molar-refractivity contribution in [1.82, 2.24) is 10.3 Å². The zero-order valence-electron chi connectivity index (χ0n) is 9.82. The fraction of sp³-hybridized carbons (Fsp3) is 0.231. The van der Waals surface area contributed by atoms with Gasteiger partial charge in [0, 0.05) is 24.2 Å². The third-order valence-electron chi connectivity index (χ3n) is 2.57. The highest BCUT2D eigenvalue weighted by atomic mass is 19.1. The second kappa shape index (κ2) is 5.55. The van der Waals surface area contributed by atoms with Crippen LogP contribution in [0.5, 0.6) is 0 Å². The molecule has 0 spiro atoms. The normalized spacial score (nSPS) is 10.6. The maximum atomic E-state index is 13.0. The first-order chi connectivity index (χ1) is 8.70. The molecule has 0 aliphatic heterocycles. The topological polar surface area (TPSA) is 68.0 Å². The molecule has 4 nitrogen and oxygen atoms in total. The molecule has 2 aromatic rings. The number of hydrogen-bond donors (Lipinski definition) is 2. The number of carbonyl (C=O) groups is 1. The van der Waals surface area contributed by atoms with E-state index in [9.17, 15) is 9.18 Å². The van der Waals surface area contributed by atoms with Crippen LogP contribution in [-0.4, -0.2) is 24.0 Å². The minimum atomic E-state index is -0.338. The SMILES string of the molecule is NCCCNC(=O)c1cnc2cc(F)ccc2c1. The second-order valence-corrected chi connectivity index (χ2v) is 3.96. The lowest BCUT2D eigenvalue weighted by Crippen LogP contribution is -2.26. The van der Waals surface area contributed by atoms with Crippen molar-refractivity contribution in [3.05, 3.63) is 41.8 Å². The fourth-order valence-electron chi connectivity index (χ4n) is 1.62. The van der Waals surface area contributed by atoms with Crippen molar-refractivity contribution in [1.29, 1.82) is 0 Å². The van der Waals surface area contributed by atoms with Crippen molar-refractivity contribution < 1.29 is 9.18 Å². The van der Waals surface area contributed by atoms with Crippen LogP contribution in [0.1, 0.15) is 16.8 Å². The predicted molar refractivity (Wildman–Crippen MR) is 67.7 cm³/mol. The molecule has 0 aliphatic carbocycles. The van der Waals surface area contributed by atoms with Crippen LogP contribution >= 0.6 is 0 Å². The van der Waals surface area contributed by atoms with E-state index in [-0.39, 0.29) is 11.7 Å². The third kappa shape index (κ3) is 2.81. The summed E-state index contributed by atoms with van der Waals surface area (Å²) in [6.45, 7) is 1.08. The first-order valence-corrected chi connectivity index (χ1v) is 5.74. The molecule has 0 radical (unpaired) electrons. The third-order valence-corrected chi connectivity index (χ3v) is 2.57. The Hall–Kier alpha value is -2.01. The van der Waals surface area contributed by atoms with E-state index >= 15 is 0 Å². The van der Waals surface area contributed by atoms with E-state index in [4.69, 9.17) is 5.73 Å². The number of rotatable bonds is 4. The Labute approximate surface area is 104 Å². The average molecular weight is 247 g/mol. The number of nitrogens with zero attached hydrogens (tertiary/aromatic N) is 1. The van der Waals surface area contributed by atoms with Gasteiger partial charge in [0.1, 0.15) is 5.82 Å². The Morgan fingerprint density at radius 3 is 3.00 bits per heavy atom. The maximum Gasteiger partial charge on any atom is 0.252 e. The van der Waals surface area contributed by atoms with Crippen LogP contribution in [0.25, 0.3) is 10.9 Å². The molecule has 18 heavy (non-hydrogen) atoms. The van der Waals surface area contributed by atoms with E-state index in [0.29, 0.717) is 24.2 Å². The number of amides is 1. The maximum absolute atomic E-state index is 13.0. The number of nitrogens with one attached hydrogen (secondary N) is 1. The number of carbonyl (C=O) groups excluding carboxylic acids is 1. The Morgan fingerprint density at radius 1 is 1.39 bits per heavy atom. The van der Waals surface area contributed by atoms with E-state index in [0.717, 1.165) is 11.8 Å². The van der Waals surface area contributed by atoms with Crippen molar-refractivity contribution in [2.45, 2.75) is 6.42 Å². The van der Waals surface area contributed by atoms with Gasteiger partial charge in [-0.05, 0) is 31.2 Å². The van der Waals surface area contributed by atoms with E-state index < -0.39 is 0 Å². The molecule has 2 rings (SSSR count). The number of nitrogens with two attached hydrogens (primary N) is 1. The molecule has 0 saturated carbocycles. The van der Waals surface area contributed by atoms with Crippen molar-refractivity contribution in [2.24, 2.45) is 5.73 Å². The summed E-state index contributed by atoms with van der Waals surface area (Å²) < 4.78 is 13.0. The lowest BCUT2D eigenvalue weighted by atomic mass is 10.1. The van der Waals surface area contributed by atoms with Gasteiger partial charge >= 0.3 is 0 Å². The molecular weight excluding hydrogens is 233 g/mol. The van der Waals surface area contributed by atoms with E-state index in [2.05, 4.69) is 10.3 Å². The summed E-state index contributed by atoms with van der Waals surface area (Å²) in [7, 11) is 0. The summed E-state index contributed by atoms with van der Waals surface area (Å²) in [5.41, 5.74) is 6.34. The summed E-state index contributed by atoms with van der Waals surface area (Å²) in [6, 6.07) is 5.99. The van der Waals surface area contributed by atoms with Gasteiger partial charge in [-0.2, -0.15) is 0 Å². The Kier molecular flexibility index (Phi) is 3.84. The number of fused-ring (bicyclic) bond motifs is 1. The van der Waals surface area contributed by atoms with Gasteiger partial charge in [-0.3, -0.25) is 9.78 Å². The minimum absolute atomic E-state index is 0.192. The number of aromatic nitrogens is 1. The molecule has 5 heteroatoms. The van der Waals surface area contributed by atoms with Gasteiger partial charge in [0.15, 0.2) is 0 Å². The monoisotopic (exact) mass is 247 g/mol. The molecule has 0 unspecified atom stereocenters. The first kappa shape index (κ1) is 12.4. The van der Waals surface area contributed by atoms with Crippen molar-refractivity contribution in [2.75, 3.05) is 13.1 Å². The molecule has 3 N–H and O–H groups in total. The molecule has 94 valence electrons. The van der Waals surface area contributed by atoms with Crippen LogP contribution in [0.4, 0.5) is 4.39 Å². The van der Waals surface area contributed by atoms with Gasteiger partial charge in [0.25, 0.3) is 5.91 Å². The molecule has 1 aromatic carbocycles. The summed E-state index contributed by atoms with van der Waals surface area (Å²) in [4.78, 5) is 15.8. The smallest absolute Gasteiger partial charge is 0.252 e. The van der Waals surface area contributed by atoms with Crippen molar-refractivity contribution in [3.8, 4) is 0 Å². The molecule has 1 heterocycles. The minimum Gasteiger partial charge on any atom is -0.352 e. The molecule has 0 saturated heterocycles. The standard InChI is InChI=1S/C13H14FN3O/c14-11-3-2-9-6-10(8-17-12(9)7-11)13(18)16-5-1-4-15/h2-3,6-8H,1,4-5,15H2,(H,16,18). The predicted octanol–water partition coefficient (Wildman–Crippen LogP) is 1.45. The lowest BCUT2D eigenvalue weighted by Gasteiger charge is -2.05. The molecule has 0 aliphatic rings. The zero-order chi connectivity index (χ0) is 13.0. The van der Waals surface area contributed by atoms with Crippen LogP contribution in [-0.2, 0) is 0 Å². The quantitative estimate of drug-likeness (QED) is 0.803. The summed E-state index contributed by atoms with van der Waals surface area (Å²) >= 11 is 0. The zero-order valence-corrected chi connectivity index (χ0v) is 9.82. The number of hydrogen-bond acceptors (Lipinski definition) is 3. The summed E-state index contributed by atoms with van der Waals surface area (Å²) in [5.74, 6) is -0.530. The molecule has 0 bridgehead atoms. The van der Waals surface area contributed by atoms with Crippen LogP contribution in [0, 0.1) is 5.82 Å². The second-order valence-electron chi connectivity index (χ2n) is 3.96. The van der Waals surface area contributed by atoms with E-state index in [1.165, 1.54) is 18.3 Å². The molecule has 0 fully saturated rings. The highest BCUT2D eigenvalue weighted by molar-refractivity contribution is 5.97. The molecule has 1 aromatic heterocycles. The molecule has 1 amide bonds. The van der Waals surface area contributed by atoms with Crippen molar-refractivity contribution >= 4 is 16.8 Å². The highest BCUT2D eigenvalue weighted by Crippen LogP contribution is 2.14. The van der Waals surface area contributed by atoms with Crippen LogP contribution in [0.15, 0.2) is 30.5 Å². The van der Waals surface area contributed by atoms with E-state index in [1.54, 1.807) is 12.1 Å². The van der Waals surface area contributed by atoms with Gasteiger partial charge < -0.3 is 11.1 Å². The van der Waals surface area contributed by atoms with Crippen LogP contribution < -0.4 is 11.1 Å². The van der Waals surface area contributed by atoms with Gasteiger partial charge in [-0.25, -0.2) is 4.39 Å². The summed E-state index contributed by atoms with van der Waals surface area (Å²) in [5, 5.41) is 3.48. The molecule has 0 atom stereocenters. The van der Waals surface area contributed by atoms with Crippen molar-refractivity contribution in [3.63, 3.8) is 0 Å². The van der Waals surface area contributed by atoms with Crippen LogP contribution in [0.2, 0.25) is 0 Å². The number of halogens is 1. The van der Waals surface area contributed by atoms with Gasteiger partial charge in [0.05, 0.1) is 11.1 Å². The summed E-state index contributed by atoms with van der Waals surface area (Å²) in [6.07, 6.45) is 2.18. The fourth-order valence-corrected chi connectivity index (χ4v) is 1.62. The highest BCUT2D eigenvalue weighted by Gasteiger charge is 2.06. The van der Waals surface area contributed by atoms with Gasteiger partial charge in [-0.15, -0.1) is 0 Å². The average Bonchev–Trinajstić information content (AvgIpc) is 2.38. The largest absolute Gasteiger partial charge is 0.352 e. The Bertz CT molecular complexity index is 571. The number of pyridine rings is 1. The van der Waals surface area contributed by atoms with Crippen LogP contribution in [0.3, 0.4) is 0 Å².